The van der Waals surface area contributed by atoms with Crippen LogP contribution in [0.5, 0.6) is 0 Å². The fraction of sp³-hybridized carbons (Fsp3) is 0.857. The fourth-order valence-corrected chi connectivity index (χ4v) is 3.28. The van der Waals surface area contributed by atoms with E-state index in [0.717, 1.165) is 12.5 Å². The number of carbonyl (C=O) groups is 2. The number of rotatable bonds is 4. The summed E-state index contributed by atoms with van der Waals surface area (Å²) in [6, 6.07) is -0.00392. The minimum atomic E-state index is -0.731. The molecule has 0 atom stereocenters. The first-order chi connectivity index (χ1) is 9.11. The van der Waals surface area contributed by atoms with Crippen molar-refractivity contribution in [3.63, 3.8) is 0 Å². The molecule has 3 fully saturated rings. The summed E-state index contributed by atoms with van der Waals surface area (Å²) < 4.78 is 0. The second-order valence-corrected chi connectivity index (χ2v) is 6.39. The number of carbonyl (C=O) groups excluding carboxylic acids is 1. The van der Waals surface area contributed by atoms with E-state index >= 15 is 0 Å². The lowest BCUT2D eigenvalue weighted by Gasteiger charge is -2.30. The van der Waals surface area contributed by atoms with Crippen LogP contribution >= 0.6 is 0 Å². The zero-order valence-electron chi connectivity index (χ0n) is 11.2. The van der Waals surface area contributed by atoms with Gasteiger partial charge >= 0.3 is 12.0 Å². The zero-order chi connectivity index (χ0) is 13.5. The summed E-state index contributed by atoms with van der Waals surface area (Å²) in [5.74, 6) is -0.151. The maximum Gasteiger partial charge on any atom is 0.317 e. The van der Waals surface area contributed by atoms with Gasteiger partial charge in [0.1, 0.15) is 0 Å². The largest absolute Gasteiger partial charge is 0.481 e. The Hall–Kier alpha value is -1.26. The zero-order valence-corrected chi connectivity index (χ0v) is 11.2. The van der Waals surface area contributed by atoms with E-state index in [1.165, 1.54) is 25.7 Å². The van der Waals surface area contributed by atoms with Crippen molar-refractivity contribution in [1.82, 2.24) is 10.2 Å². The third kappa shape index (κ3) is 2.69. The molecule has 1 heterocycles. The molecule has 0 radical (unpaired) electrons. The van der Waals surface area contributed by atoms with Gasteiger partial charge in [-0.25, -0.2) is 4.79 Å². The number of urea groups is 1. The van der Waals surface area contributed by atoms with E-state index in [4.69, 9.17) is 5.11 Å². The Kier molecular flexibility index (Phi) is 3.15. The summed E-state index contributed by atoms with van der Waals surface area (Å²) in [5.41, 5.74) is 0.426. The van der Waals surface area contributed by atoms with Crippen molar-refractivity contribution in [3.8, 4) is 0 Å². The molecule has 2 amide bonds. The number of carboxylic acid groups (broad SMARTS) is 1. The number of likely N-dealkylation sites (tertiary alicyclic amines) is 1. The van der Waals surface area contributed by atoms with E-state index in [0.29, 0.717) is 31.3 Å². The molecular formula is C14H22N2O3. The molecule has 2 saturated carbocycles. The van der Waals surface area contributed by atoms with Gasteiger partial charge in [0, 0.05) is 19.6 Å². The number of aliphatic carboxylic acids is 1. The average Bonchev–Trinajstić information content (AvgIpc) is 3.28. The minimum Gasteiger partial charge on any atom is -0.481 e. The van der Waals surface area contributed by atoms with Gasteiger partial charge in [-0.3, -0.25) is 4.79 Å². The number of amides is 2. The van der Waals surface area contributed by atoms with E-state index in [1.807, 2.05) is 0 Å². The van der Waals surface area contributed by atoms with Crippen LogP contribution in [0.2, 0.25) is 0 Å². The summed E-state index contributed by atoms with van der Waals surface area (Å²) >= 11 is 0. The minimum absolute atomic E-state index is 0.00392. The molecule has 0 aromatic carbocycles. The molecule has 5 heteroatoms. The van der Waals surface area contributed by atoms with Gasteiger partial charge in [-0.1, -0.05) is 0 Å². The Morgan fingerprint density at radius 1 is 1.16 bits per heavy atom. The third-order valence-electron chi connectivity index (χ3n) is 5.06. The van der Waals surface area contributed by atoms with Gasteiger partial charge < -0.3 is 15.3 Å². The molecule has 2 N–H and O–H groups in total. The average molecular weight is 266 g/mol. The van der Waals surface area contributed by atoms with Gasteiger partial charge in [0.15, 0.2) is 0 Å². The number of nitrogens with one attached hydrogen (secondary N) is 1. The monoisotopic (exact) mass is 266 g/mol. The van der Waals surface area contributed by atoms with Crippen LogP contribution in [0.15, 0.2) is 0 Å². The van der Waals surface area contributed by atoms with Crippen molar-refractivity contribution in [3.05, 3.63) is 0 Å². The van der Waals surface area contributed by atoms with Crippen LogP contribution in [0, 0.1) is 17.3 Å². The summed E-state index contributed by atoms with van der Waals surface area (Å²) in [5, 5.41) is 12.0. The first kappa shape index (κ1) is 12.8. The normalized spacial score (nSPS) is 26.0. The van der Waals surface area contributed by atoms with Gasteiger partial charge in [-0.05, 0) is 49.9 Å². The van der Waals surface area contributed by atoms with Crippen LogP contribution in [0.1, 0.15) is 38.5 Å². The second kappa shape index (κ2) is 4.69. The molecule has 0 aromatic heterocycles. The molecule has 0 unspecified atom stereocenters. The maximum atomic E-state index is 12.1. The maximum absolute atomic E-state index is 12.1. The van der Waals surface area contributed by atoms with Crippen LogP contribution in [0.4, 0.5) is 4.79 Å². The van der Waals surface area contributed by atoms with Gasteiger partial charge in [0.25, 0.3) is 0 Å². The molecule has 0 spiro atoms. The van der Waals surface area contributed by atoms with Crippen molar-refractivity contribution < 1.29 is 14.7 Å². The fourth-order valence-electron chi connectivity index (χ4n) is 3.28. The van der Waals surface area contributed by atoms with E-state index in [2.05, 4.69) is 5.32 Å². The molecular weight excluding hydrogens is 244 g/mol. The van der Waals surface area contributed by atoms with Gasteiger partial charge in [-0.2, -0.15) is 0 Å². The summed E-state index contributed by atoms with van der Waals surface area (Å²) in [6.07, 6.45) is 6.35. The van der Waals surface area contributed by atoms with Crippen LogP contribution in [0.3, 0.4) is 0 Å². The number of piperidine rings is 1. The summed E-state index contributed by atoms with van der Waals surface area (Å²) in [6.45, 7) is 1.95. The van der Waals surface area contributed by atoms with Gasteiger partial charge in [-0.15, -0.1) is 0 Å². The predicted molar refractivity (Wildman–Crippen MR) is 69.7 cm³/mol. The lowest BCUT2D eigenvalue weighted by atomic mass is 9.97. The van der Waals surface area contributed by atoms with Gasteiger partial charge in [0.2, 0.25) is 0 Å². The number of nitrogens with zero attached hydrogens (tertiary/aromatic N) is 1. The quantitative estimate of drug-likeness (QED) is 0.813. The Morgan fingerprint density at radius 3 is 2.26 bits per heavy atom. The van der Waals surface area contributed by atoms with E-state index in [1.54, 1.807) is 4.90 Å². The second-order valence-electron chi connectivity index (χ2n) is 6.39. The highest BCUT2D eigenvalue weighted by atomic mass is 16.4. The SMILES string of the molecule is O=C(O)C1CCN(C(=O)NCC2(C3CC3)CC2)CC1. The highest BCUT2D eigenvalue weighted by molar-refractivity contribution is 5.75. The summed E-state index contributed by atoms with van der Waals surface area (Å²) in [4.78, 5) is 24.7. The van der Waals surface area contributed by atoms with Crippen LogP contribution in [0.25, 0.3) is 0 Å². The Balaban J connectivity index is 1.42. The summed E-state index contributed by atoms with van der Waals surface area (Å²) in [7, 11) is 0. The number of carboxylic acids is 1. The van der Waals surface area contributed by atoms with Crippen molar-refractivity contribution in [1.29, 1.82) is 0 Å². The Bertz CT molecular complexity index is 380. The standard InChI is InChI=1S/C14H22N2O3/c17-12(18)10-3-7-16(8-4-10)13(19)15-9-14(5-6-14)11-1-2-11/h10-11H,1-9H2,(H,15,19)(H,17,18). The lowest BCUT2D eigenvalue weighted by Crippen LogP contribution is -2.47. The molecule has 0 bridgehead atoms. The first-order valence-electron chi connectivity index (χ1n) is 7.36. The van der Waals surface area contributed by atoms with Crippen LogP contribution in [-0.2, 0) is 4.79 Å². The van der Waals surface area contributed by atoms with Crippen molar-refractivity contribution in [2.24, 2.45) is 17.3 Å². The molecule has 3 aliphatic rings. The van der Waals surface area contributed by atoms with E-state index in [9.17, 15) is 9.59 Å². The highest BCUT2D eigenvalue weighted by Crippen LogP contribution is 2.60. The molecule has 5 nitrogen and oxygen atoms in total. The highest BCUT2D eigenvalue weighted by Gasteiger charge is 2.53. The molecule has 0 aromatic rings. The van der Waals surface area contributed by atoms with Crippen LogP contribution < -0.4 is 5.32 Å². The smallest absolute Gasteiger partial charge is 0.317 e. The van der Waals surface area contributed by atoms with Gasteiger partial charge in [0.05, 0.1) is 5.92 Å². The first-order valence-corrected chi connectivity index (χ1v) is 7.36. The molecule has 19 heavy (non-hydrogen) atoms. The molecule has 2 aliphatic carbocycles. The number of hydrogen-bond donors (Lipinski definition) is 2. The van der Waals surface area contributed by atoms with Crippen molar-refractivity contribution in [2.45, 2.75) is 38.5 Å². The topological polar surface area (TPSA) is 69.6 Å². The Labute approximate surface area is 113 Å². The molecule has 3 rings (SSSR count). The molecule has 1 saturated heterocycles. The lowest BCUT2D eigenvalue weighted by molar-refractivity contribution is -0.143. The van der Waals surface area contributed by atoms with Crippen molar-refractivity contribution >= 4 is 12.0 Å². The molecule has 106 valence electrons. The molecule has 1 aliphatic heterocycles. The Morgan fingerprint density at radius 2 is 1.79 bits per heavy atom. The van der Waals surface area contributed by atoms with Crippen LogP contribution in [-0.4, -0.2) is 41.6 Å². The third-order valence-corrected chi connectivity index (χ3v) is 5.06. The van der Waals surface area contributed by atoms with E-state index in [-0.39, 0.29) is 11.9 Å². The van der Waals surface area contributed by atoms with E-state index < -0.39 is 5.97 Å². The predicted octanol–water partition coefficient (Wildman–Crippen LogP) is 1.68. The number of hydrogen-bond acceptors (Lipinski definition) is 2. The van der Waals surface area contributed by atoms with Crippen molar-refractivity contribution in [2.75, 3.05) is 19.6 Å².